The second-order valence-corrected chi connectivity index (χ2v) is 6.32. The van der Waals surface area contributed by atoms with E-state index in [0.29, 0.717) is 11.5 Å². The molecule has 1 aromatic heterocycles. The van der Waals surface area contributed by atoms with Gasteiger partial charge in [-0.1, -0.05) is 6.07 Å². The molecule has 0 bridgehead atoms. The number of aromatic amines is 1. The number of nitrogens with zero attached hydrogens (tertiary/aromatic N) is 1. The van der Waals surface area contributed by atoms with Crippen LogP contribution in [0.2, 0.25) is 0 Å². The summed E-state index contributed by atoms with van der Waals surface area (Å²) in [6.45, 7) is 3.75. The lowest BCUT2D eigenvalue weighted by Gasteiger charge is -2.25. The summed E-state index contributed by atoms with van der Waals surface area (Å²) in [6.07, 6.45) is 1.74. The minimum atomic E-state index is -0.748. The molecule has 6 nitrogen and oxygen atoms in total. The maximum absolute atomic E-state index is 12.9. The lowest BCUT2D eigenvalue weighted by Crippen LogP contribution is -2.34. The van der Waals surface area contributed by atoms with Crippen LogP contribution < -0.4 is 14.8 Å². The van der Waals surface area contributed by atoms with Crippen LogP contribution >= 0.6 is 0 Å². The Kier molecular flexibility index (Phi) is 4.35. The summed E-state index contributed by atoms with van der Waals surface area (Å²) in [6, 6.07) is 11.2. The second kappa shape index (κ2) is 6.47. The highest BCUT2D eigenvalue weighted by molar-refractivity contribution is 5.99. The molecular formula is C19H21N3O3. The number of nitrogens with one attached hydrogen (secondary N) is 2. The van der Waals surface area contributed by atoms with Gasteiger partial charge in [-0.2, -0.15) is 5.10 Å². The van der Waals surface area contributed by atoms with Gasteiger partial charge in [0.15, 0.2) is 11.5 Å². The van der Waals surface area contributed by atoms with Gasteiger partial charge in [-0.15, -0.1) is 0 Å². The molecular weight excluding hydrogens is 318 g/mol. The number of hydrogen-bond acceptors (Lipinski definition) is 4. The molecule has 1 amide bonds. The topological polar surface area (TPSA) is 76.2 Å². The van der Waals surface area contributed by atoms with Gasteiger partial charge in [0.25, 0.3) is 0 Å². The molecule has 25 heavy (non-hydrogen) atoms. The van der Waals surface area contributed by atoms with E-state index in [9.17, 15) is 4.79 Å². The van der Waals surface area contributed by atoms with Gasteiger partial charge in [0, 0.05) is 11.1 Å². The Labute approximate surface area is 146 Å². The van der Waals surface area contributed by atoms with E-state index in [1.165, 1.54) is 0 Å². The Hall–Kier alpha value is -3.02. The number of aromatic nitrogens is 2. The normalized spacial score (nSPS) is 11.4. The van der Waals surface area contributed by atoms with Gasteiger partial charge in [-0.3, -0.25) is 9.89 Å². The first-order chi connectivity index (χ1) is 12.0. The number of hydrogen-bond donors (Lipinski definition) is 2. The molecule has 1 heterocycles. The highest BCUT2D eigenvalue weighted by Gasteiger charge is 2.31. The standard InChI is InChI=1S/C19H21N3O3/c1-19(2,13-6-8-16(24-3)17(9-13)25-4)18(23)21-14-7-5-12-11-20-22-15(12)10-14/h5-11H,1-4H3,(H,20,22)(H,21,23). The van der Waals surface area contributed by atoms with E-state index in [1.54, 1.807) is 26.5 Å². The maximum Gasteiger partial charge on any atom is 0.234 e. The molecule has 3 aromatic rings. The zero-order chi connectivity index (χ0) is 18.0. The fraction of sp³-hybridized carbons (Fsp3) is 0.263. The van der Waals surface area contributed by atoms with Crippen LogP contribution in [0, 0.1) is 0 Å². The third-order valence-corrected chi connectivity index (χ3v) is 4.37. The Balaban J connectivity index is 1.86. The molecule has 0 spiro atoms. The van der Waals surface area contributed by atoms with Crippen LogP contribution in [0.3, 0.4) is 0 Å². The lowest BCUT2D eigenvalue weighted by molar-refractivity contribution is -0.120. The highest BCUT2D eigenvalue weighted by Crippen LogP contribution is 2.34. The summed E-state index contributed by atoms with van der Waals surface area (Å²) in [4.78, 5) is 12.9. The lowest BCUT2D eigenvalue weighted by atomic mass is 9.83. The van der Waals surface area contributed by atoms with Crippen LogP contribution in [0.1, 0.15) is 19.4 Å². The van der Waals surface area contributed by atoms with Gasteiger partial charge in [-0.05, 0) is 49.7 Å². The van der Waals surface area contributed by atoms with E-state index < -0.39 is 5.41 Å². The number of amides is 1. The summed E-state index contributed by atoms with van der Waals surface area (Å²) in [7, 11) is 3.16. The van der Waals surface area contributed by atoms with Crippen LogP contribution in [-0.2, 0) is 10.2 Å². The smallest absolute Gasteiger partial charge is 0.234 e. The van der Waals surface area contributed by atoms with Crippen LogP contribution in [0.15, 0.2) is 42.6 Å². The van der Waals surface area contributed by atoms with Gasteiger partial charge in [0.2, 0.25) is 5.91 Å². The van der Waals surface area contributed by atoms with E-state index in [-0.39, 0.29) is 5.91 Å². The molecule has 0 aliphatic heterocycles. The van der Waals surface area contributed by atoms with E-state index in [2.05, 4.69) is 15.5 Å². The van der Waals surface area contributed by atoms with Crippen LogP contribution in [0.4, 0.5) is 5.69 Å². The summed E-state index contributed by atoms with van der Waals surface area (Å²) >= 11 is 0. The molecule has 0 aliphatic carbocycles. The fourth-order valence-electron chi connectivity index (χ4n) is 2.66. The predicted molar refractivity (Wildman–Crippen MR) is 97.3 cm³/mol. The number of fused-ring (bicyclic) bond motifs is 1. The van der Waals surface area contributed by atoms with Crippen LogP contribution in [0.5, 0.6) is 11.5 Å². The largest absolute Gasteiger partial charge is 0.493 e. The van der Waals surface area contributed by atoms with E-state index in [0.717, 1.165) is 22.2 Å². The molecule has 0 fully saturated rings. The van der Waals surface area contributed by atoms with Gasteiger partial charge in [0.1, 0.15) is 0 Å². The fourth-order valence-corrected chi connectivity index (χ4v) is 2.66. The first-order valence-electron chi connectivity index (χ1n) is 7.93. The van der Waals surface area contributed by atoms with Crippen molar-refractivity contribution in [3.05, 3.63) is 48.2 Å². The quantitative estimate of drug-likeness (QED) is 0.746. The molecule has 0 unspecified atom stereocenters. The molecule has 6 heteroatoms. The van der Waals surface area contributed by atoms with Crippen molar-refractivity contribution in [2.45, 2.75) is 19.3 Å². The molecule has 130 valence electrons. The number of rotatable bonds is 5. The second-order valence-electron chi connectivity index (χ2n) is 6.32. The van der Waals surface area contributed by atoms with E-state index in [4.69, 9.17) is 9.47 Å². The SMILES string of the molecule is COc1ccc(C(C)(C)C(=O)Nc2ccc3cn[nH]c3c2)cc1OC. The number of H-pyrrole nitrogens is 1. The number of benzene rings is 2. The zero-order valence-electron chi connectivity index (χ0n) is 14.7. The van der Waals surface area contributed by atoms with Crippen LogP contribution in [-0.4, -0.2) is 30.3 Å². The highest BCUT2D eigenvalue weighted by atomic mass is 16.5. The number of carbonyl (C=O) groups excluding carboxylic acids is 1. The molecule has 2 aromatic carbocycles. The molecule has 0 saturated heterocycles. The van der Waals surface area contributed by atoms with Crippen molar-refractivity contribution >= 4 is 22.5 Å². The summed E-state index contributed by atoms with van der Waals surface area (Å²) in [5.41, 5.74) is 1.69. The molecule has 2 N–H and O–H groups in total. The van der Waals surface area contributed by atoms with Crippen molar-refractivity contribution in [3.8, 4) is 11.5 Å². The van der Waals surface area contributed by atoms with Gasteiger partial charge < -0.3 is 14.8 Å². The third kappa shape index (κ3) is 3.15. The van der Waals surface area contributed by atoms with Crippen molar-refractivity contribution < 1.29 is 14.3 Å². The number of carbonyl (C=O) groups is 1. The zero-order valence-corrected chi connectivity index (χ0v) is 14.7. The van der Waals surface area contributed by atoms with Gasteiger partial charge >= 0.3 is 0 Å². The predicted octanol–water partition coefficient (Wildman–Crippen LogP) is 3.50. The number of anilines is 1. The van der Waals surface area contributed by atoms with E-state index >= 15 is 0 Å². The van der Waals surface area contributed by atoms with Gasteiger partial charge in [-0.25, -0.2) is 0 Å². The third-order valence-electron chi connectivity index (χ3n) is 4.37. The van der Waals surface area contributed by atoms with Gasteiger partial charge in [0.05, 0.1) is 31.3 Å². The van der Waals surface area contributed by atoms with Crippen molar-refractivity contribution in [1.82, 2.24) is 10.2 Å². The Morgan fingerprint density at radius 2 is 1.84 bits per heavy atom. The monoisotopic (exact) mass is 339 g/mol. The number of methoxy groups -OCH3 is 2. The van der Waals surface area contributed by atoms with Crippen molar-refractivity contribution in [2.75, 3.05) is 19.5 Å². The molecule has 0 atom stereocenters. The Bertz CT molecular complexity index is 915. The molecule has 0 saturated carbocycles. The minimum Gasteiger partial charge on any atom is -0.493 e. The Morgan fingerprint density at radius 3 is 2.56 bits per heavy atom. The van der Waals surface area contributed by atoms with Crippen molar-refractivity contribution in [3.63, 3.8) is 0 Å². The van der Waals surface area contributed by atoms with Crippen LogP contribution in [0.25, 0.3) is 10.9 Å². The summed E-state index contributed by atoms with van der Waals surface area (Å²) < 4.78 is 10.6. The molecule has 0 radical (unpaired) electrons. The first kappa shape index (κ1) is 16.8. The van der Waals surface area contributed by atoms with Crippen molar-refractivity contribution in [1.29, 1.82) is 0 Å². The average Bonchev–Trinajstić information content (AvgIpc) is 3.08. The summed E-state index contributed by atoms with van der Waals surface area (Å²) in [5.74, 6) is 1.12. The van der Waals surface area contributed by atoms with Crippen molar-refractivity contribution in [2.24, 2.45) is 0 Å². The Morgan fingerprint density at radius 1 is 1.08 bits per heavy atom. The minimum absolute atomic E-state index is 0.112. The number of ether oxygens (including phenoxy) is 2. The summed E-state index contributed by atoms with van der Waals surface area (Å²) in [5, 5.41) is 10.9. The van der Waals surface area contributed by atoms with E-state index in [1.807, 2.05) is 44.2 Å². The molecule has 0 aliphatic rings. The maximum atomic E-state index is 12.9. The molecule has 3 rings (SSSR count). The first-order valence-corrected chi connectivity index (χ1v) is 7.93. The average molecular weight is 339 g/mol.